The zero-order valence-corrected chi connectivity index (χ0v) is 32.1. The van der Waals surface area contributed by atoms with E-state index >= 15 is 4.39 Å². The van der Waals surface area contributed by atoms with Crippen LogP contribution >= 0.6 is 0 Å². The number of piperazine rings is 1. The summed E-state index contributed by atoms with van der Waals surface area (Å²) in [6.07, 6.45) is 2.28. The van der Waals surface area contributed by atoms with E-state index < -0.39 is 70.0 Å². The van der Waals surface area contributed by atoms with Crippen LogP contribution in [0.25, 0.3) is 0 Å². The number of allylic oxidation sites excluding steroid dienone is 4. The minimum Gasteiger partial charge on any atom is -0.461 e. The van der Waals surface area contributed by atoms with Gasteiger partial charge in [-0.2, -0.15) is 0 Å². The Bertz CT molecular complexity index is 1810. The molecule has 0 amide bonds. The van der Waals surface area contributed by atoms with E-state index in [1.54, 1.807) is 32.1 Å². The predicted molar refractivity (Wildman–Crippen MR) is 194 cm³/mol. The molecule has 2 saturated heterocycles. The van der Waals surface area contributed by atoms with Gasteiger partial charge >= 0.3 is 11.9 Å². The summed E-state index contributed by atoms with van der Waals surface area (Å²) in [5, 5.41) is 21.4. The number of nitrogens with zero attached hydrogens (tertiary/aromatic N) is 3. The standard InChI is InChI=1S/C40H50FN3O12/c1-37(2)55-33-19-28-27-18-30(41)29-17-26(45)9-10-38(29,3)35(27)31(46)20-39(28,4)40(33,56-37)32(47)23-53-34(48)21-43-13-11-42(12-14-43)15-16-52-36(49)25-7-5-24(6-8-25)22-54-44(50)51/h5-10,17,27-28,30-31,33,35,46H,11-16,18-23H2,1-4H3/t27?,28?,30-,31?,33+,35?,38-,39-,40+/m0/s1. The van der Waals surface area contributed by atoms with Crippen molar-refractivity contribution in [3.8, 4) is 0 Å². The van der Waals surface area contributed by atoms with Crippen molar-refractivity contribution < 1.29 is 57.5 Å². The van der Waals surface area contributed by atoms with Crippen LogP contribution in [0.5, 0.6) is 0 Å². The molecule has 15 nitrogen and oxygen atoms in total. The Morgan fingerprint density at radius 3 is 2.43 bits per heavy atom. The molecule has 2 aliphatic heterocycles. The number of hydrogen-bond acceptors (Lipinski definition) is 14. The topological polar surface area (TPSA) is 184 Å². The number of carbonyl (C=O) groups excluding carboxylic acids is 4. The molecular weight excluding hydrogens is 733 g/mol. The third-order valence-electron chi connectivity index (χ3n) is 13.2. The summed E-state index contributed by atoms with van der Waals surface area (Å²) in [5.74, 6) is -3.84. The lowest BCUT2D eigenvalue weighted by Gasteiger charge is -2.60. The van der Waals surface area contributed by atoms with Gasteiger partial charge in [0.15, 0.2) is 23.8 Å². The fourth-order valence-electron chi connectivity index (χ4n) is 10.8. The van der Waals surface area contributed by atoms with Crippen molar-refractivity contribution in [2.24, 2.45) is 28.6 Å². The molecule has 9 atom stereocenters. The average molecular weight is 784 g/mol. The van der Waals surface area contributed by atoms with E-state index in [0.29, 0.717) is 55.8 Å². The number of aliphatic hydroxyl groups is 1. The largest absolute Gasteiger partial charge is 0.461 e. The Morgan fingerprint density at radius 1 is 1.04 bits per heavy atom. The lowest BCUT2D eigenvalue weighted by Crippen LogP contribution is -2.64. The maximum absolute atomic E-state index is 15.9. The maximum atomic E-state index is 15.9. The molecule has 1 N–H and O–H groups in total. The highest BCUT2D eigenvalue weighted by Gasteiger charge is 2.77. The van der Waals surface area contributed by atoms with Gasteiger partial charge in [0.25, 0.3) is 5.09 Å². The van der Waals surface area contributed by atoms with E-state index in [1.807, 2.05) is 18.7 Å². The number of carbonyl (C=O) groups is 4. The highest BCUT2D eigenvalue weighted by atomic mass is 19.1. The average Bonchev–Trinajstić information content (AvgIpc) is 3.56. The van der Waals surface area contributed by atoms with E-state index in [9.17, 15) is 34.4 Å². The molecule has 16 heteroatoms. The van der Waals surface area contributed by atoms with Crippen molar-refractivity contribution in [1.29, 1.82) is 0 Å². The molecule has 0 radical (unpaired) electrons. The lowest BCUT2D eigenvalue weighted by molar-refractivity contribution is -0.763. The predicted octanol–water partition coefficient (Wildman–Crippen LogP) is 3.01. The molecule has 1 aromatic rings. The SMILES string of the molecule is CC1(C)O[C@@H]2CC3C4C[C@H](F)C5=CC(=O)C=C[C@]5(C)C4C(O)C[C@]3(C)[C@]2(C(=O)COC(=O)CN2CCN(CCOC(=O)c3ccc(CO[N+](=O)[O-])cc3)CC2)O1. The Balaban J connectivity index is 0.916. The van der Waals surface area contributed by atoms with Gasteiger partial charge in [-0.05, 0) is 80.4 Å². The Labute approximate surface area is 324 Å². The number of Topliss-reactive ketones (excluding diaryl/α,β-unsaturated/α-hetero) is 1. The summed E-state index contributed by atoms with van der Waals surface area (Å²) >= 11 is 0. The second-order valence-corrected chi connectivity index (χ2v) is 16.9. The third kappa shape index (κ3) is 7.18. The van der Waals surface area contributed by atoms with Gasteiger partial charge in [-0.1, -0.05) is 32.1 Å². The van der Waals surface area contributed by atoms with E-state index in [-0.39, 0.29) is 56.1 Å². The number of ether oxygens (including phenoxy) is 4. The van der Waals surface area contributed by atoms with Crippen LogP contribution in [0, 0.1) is 38.7 Å². The molecule has 0 spiro atoms. The number of benzene rings is 1. The normalized spacial score (nSPS) is 36.0. The quantitative estimate of drug-likeness (QED) is 0.185. The Morgan fingerprint density at radius 2 is 1.73 bits per heavy atom. The first-order chi connectivity index (χ1) is 26.5. The summed E-state index contributed by atoms with van der Waals surface area (Å²) in [5.41, 5.74) is -2.07. The van der Waals surface area contributed by atoms with Gasteiger partial charge in [0.05, 0.1) is 24.3 Å². The molecule has 1 aromatic carbocycles. The van der Waals surface area contributed by atoms with E-state index in [4.69, 9.17) is 18.9 Å². The van der Waals surface area contributed by atoms with Crippen LogP contribution in [0.3, 0.4) is 0 Å². The van der Waals surface area contributed by atoms with Crippen LogP contribution in [0.4, 0.5) is 4.39 Å². The second kappa shape index (κ2) is 15.0. The van der Waals surface area contributed by atoms with Gasteiger partial charge in [0.2, 0.25) is 5.78 Å². The molecule has 3 saturated carbocycles. The molecule has 5 fully saturated rings. The van der Waals surface area contributed by atoms with Crippen molar-refractivity contribution in [1.82, 2.24) is 9.80 Å². The first kappa shape index (κ1) is 40.1. The van der Waals surface area contributed by atoms with Crippen molar-refractivity contribution in [3.05, 3.63) is 69.3 Å². The first-order valence-electron chi connectivity index (χ1n) is 19.3. The minimum absolute atomic E-state index is 0.0250. The Hall–Kier alpha value is -4.09. The van der Waals surface area contributed by atoms with Gasteiger partial charge < -0.3 is 28.9 Å². The van der Waals surface area contributed by atoms with Crippen LogP contribution in [-0.2, 0) is 44.8 Å². The molecule has 304 valence electrons. The number of esters is 2. The monoisotopic (exact) mass is 783 g/mol. The molecule has 6 aliphatic rings. The molecule has 4 unspecified atom stereocenters. The number of alkyl halides is 1. The van der Waals surface area contributed by atoms with E-state index in [2.05, 4.69) is 9.74 Å². The number of fused-ring (bicyclic) bond motifs is 7. The van der Waals surface area contributed by atoms with Gasteiger partial charge in [0, 0.05) is 49.5 Å². The summed E-state index contributed by atoms with van der Waals surface area (Å²) in [7, 11) is 0. The molecule has 4 aliphatic carbocycles. The fourth-order valence-corrected chi connectivity index (χ4v) is 10.8. The van der Waals surface area contributed by atoms with Crippen LogP contribution in [0.2, 0.25) is 0 Å². The van der Waals surface area contributed by atoms with Gasteiger partial charge in [-0.25, -0.2) is 9.18 Å². The van der Waals surface area contributed by atoms with Crippen LogP contribution in [0.15, 0.2) is 48.1 Å². The number of aliphatic hydroxyl groups excluding tert-OH is 1. The van der Waals surface area contributed by atoms with Crippen molar-refractivity contribution in [2.75, 3.05) is 52.5 Å². The minimum atomic E-state index is -1.53. The van der Waals surface area contributed by atoms with E-state index in [0.717, 1.165) is 0 Å². The molecule has 0 bridgehead atoms. The zero-order valence-electron chi connectivity index (χ0n) is 32.1. The van der Waals surface area contributed by atoms with Crippen LogP contribution in [-0.4, -0.2) is 126 Å². The summed E-state index contributed by atoms with van der Waals surface area (Å²) in [4.78, 5) is 70.9. The number of ketones is 2. The van der Waals surface area contributed by atoms with Crippen molar-refractivity contribution in [3.63, 3.8) is 0 Å². The molecular formula is C40H50FN3O12. The van der Waals surface area contributed by atoms with Crippen LogP contribution < -0.4 is 0 Å². The number of hydrogen-bond donors (Lipinski definition) is 1. The summed E-state index contributed by atoms with van der Waals surface area (Å²) in [6.45, 7) is 9.47. The third-order valence-corrected chi connectivity index (χ3v) is 13.2. The molecule has 0 aromatic heterocycles. The Kier molecular flexibility index (Phi) is 10.8. The lowest BCUT2D eigenvalue weighted by atomic mass is 9.46. The molecule has 56 heavy (non-hydrogen) atoms. The van der Waals surface area contributed by atoms with Crippen molar-refractivity contribution >= 4 is 23.5 Å². The highest BCUT2D eigenvalue weighted by Crippen LogP contribution is 2.70. The number of halogens is 1. The molecule has 7 rings (SSSR count). The molecule has 2 heterocycles. The number of rotatable bonds is 12. The maximum Gasteiger partial charge on any atom is 0.338 e. The first-order valence-corrected chi connectivity index (χ1v) is 19.3. The van der Waals surface area contributed by atoms with E-state index in [1.165, 1.54) is 24.3 Å². The summed E-state index contributed by atoms with van der Waals surface area (Å²) in [6, 6.07) is 6.15. The van der Waals surface area contributed by atoms with Gasteiger partial charge in [0.1, 0.15) is 19.4 Å². The van der Waals surface area contributed by atoms with Crippen LogP contribution in [0.1, 0.15) is 62.9 Å². The second-order valence-electron chi connectivity index (χ2n) is 16.9. The van der Waals surface area contributed by atoms with Gasteiger partial charge in [-0.3, -0.25) is 24.2 Å². The fraction of sp³-hybridized carbons (Fsp3) is 0.650. The van der Waals surface area contributed by atoms with Gasteiger partial charge in [-0.15, -0.1) is 10.1 Å². The smallest absolute Gasteiger partial charge is 0.338 e. The zero-order chi connectivity index (χ0) is 40.2. The summed E-state index contributed by atoms with van der Waals surface area (Å²) < 4.78 is 39.9. The van der Waals surface area contributed by atoms with Crippen molar-refractivity contribution in [2.45, 2.75) is 83.3 Å². The highest BCUT2D eigenvalue weighted by molar-refractivity contribution is 6.01.